The summed E-state index contributed by atoms with van der Waals surface area (Å²) in [5, 5.41) is 13.8. The summed E-state index contributed by atoms with van der Waals surface area (Å²) >= 11 is 0. The molecule has 11 nitrogen and oxygen atoms in total. The Hall–Kier alpha value is -4.23. The molecule has 2 amide bonds. The number of ether oxygens (including phenoxy) is 2. The van der Waals surface area contributed by atoms with Crippen molar-refractivity contribution in [2.45, 2.75) is 76.1 Å². The van der Waals surface area contributed by atoms with Crippen LogP contribution in [0.3, 0.4) is 0 Å². The molecule has 3 aliphatic heterocycles. The van der Waals surface area contributed by atoms with Crippen LogP contribution in [-0.2, 0) is 14.8 Å². The van der Waals surface area contributed by atoms with Crippen LogP contribution in [0.4, 0.5) is 30.7 Å². The Morgan fingerprint density at radius 2 is 1.61 bits per heavy atom. The number of nitrogens with one attached hydrogen (secondary N) is 1. The Kier molecular flexibility index (Phi) is 11.7. The van der Waals surface area contributed by atoms with E-state index in [0.717, 1.165) is 17.5 Å². The largest absolute Gasteiger partial charge is 0.573 e. The molecule has 2 aromatic carbocycles. The second-order valence-corrected chi connectivity index (χ2v) is 15.5. The molecule has 5 rings (SSSR count). The number of hydrogen-bond acceptors (Lipinski definition) is 8. The van der Waals surface area contributed by atoms with Crippen LogP contribution < -0.4 is 14.8 Å². The lowest BCUT2D eigenvalue weighted by Gasteiger charge is -2.36. The highest BCUT2D eigenvalue weighted by atomic mass is 32.2. The molecule has 54 heavy (non-hydrogen) atoms. The van der Waals surface area contributed by atoms with Crippen LogP contribution in [0.5, 0.6) is 11.5 Å². The summed E-state index contributed by atoms with van der Waals surface area (Å²) in [6.07, 6.45) is -9.75. The number of aliphatic hydroxyl groups is 1. The van der Waals surface area contributed by atoms with Gasteiger partial charge in [0.05, 0.1) is 12.2 Å². The predicted octanol–water partition coefficient (Wildman–Crippen LogP) is 5.57. The van der Waals surface area contributed by atoms with Gasteiger partial charge in [0.25, 0.3) is 11.8 Å². The number of nitrogens with zero attached hydrogens (tertiary/aromatic N) is 3. The first kappa shape index (κ1) is 40.9. The highest BCUT2D eigenvalue weighted by Gasteiger charge is 2.47. The number of amidine groups is 1. The van der Waals surface area contributed by atoms with Gasteiger partial charge in [-0.05, 0) is 99.0 Å². The Morgan fingerprint density at radius 1 is 0.981 bits per heavy atom. The maximum atomic E-state index is 13.4. The molecule has 2 aromatic rings. The second kappa shape index (κ2) is 15.5. The van der Waals surface area contributed by atoms with Gasteiger partial charge in [-0.3, -0.25) is 14.6 Å². The number of benzene rings is 2. The van der Waals surface area contributed by atoms with Crippen molar-refractivity contribution in [1.29, 1.82) is 0 Å². The van der Waals surface area contributed by atoms with E-state index in [2.05, 4.69) is 15.0 Å². The van der Waals surface area contributed by atoms with Crippen LogP contribution in [0.1, 0.15) is 71.1 Å². The molecule has 0 saturated carbocycles. The number of carbonyl (C=O) groups is 2. The third-order valence-corrected chi connectivity index (χ3v) is 11.2. The van der Waals surface area contributed by atoms with Crippen LogP contribution >= 0.6 is 0 Å². The maximum absolute atomic E-state index is 13.4. The first-order valence-electron chi connectivity index (χ1n) is 17.0. The zero-order chi connectivity index (χ0) is 39.7. The minimum absolute atomic E-state index is 0.0282. The number of piperidine rings is 2. The zero-order valence-electron chi connectivity index (χ0n) is 29.3. The molecule has 0 radical (unpaired) electrons. The fourth-order valence-electron chi connectivity index (χ4n) is 6.58. The van der Waals surface area contributed by atoms with E-state index >= 15 is 0 Å². The van der Waals surface area contributed by atoms with Crippen LogP contribution in [0, 0.1) is 13.8 Å². The molecule has 2 N–H and O–H groups in total. The van der Waals surface area contributed by atoms with Gasteiger partial charge in [-0.2, -0.15) is 17.5 Å². The molecule has 296 valence electrons. The van der Waals surface area contributed by atoms with Crippen molar-refractivity contribution < 1.29 is 63.3 Å². The molecule has 2 saturated heterocycles. The number of hydrogen-bond donors (Lipinski definition) is 2. The van der Waals surface area contributed by atoms with Crippen molar-refractivity contribution >= 4 is 33.7 Å². The molecule has 1 spiro atoms. The van der Waals surface area contributed by atoms with E-state index in [9.17, 15) is 53.8 Å². The van der Waals surface area contributed by atoms with Crippen molar-refractivity contribution in [1.82, 2.24) is 14.5 Å². The number of rotatable bonds is 11. The van der Waals surface area contributed by atoms with E-state index in [4.69, 9.17) is 4.74 Å². The van der Waals surface area contributed by atoms with Gasteiger partial charge in [-0.15, -0.1) is 13.2 Å². The van der Waals surface area contributed by atoms with Crippen LogP contribution in [-0.4, -0.2) is 104 Å². The number of aliphatic imine (C=N–C) groups is 1. The predicted molar refractivity (Wildman–Crippen MR) is 182 cm³/mol. The SMILES string of the molecule is Cc1cc(C(=O)N2CCC(O)(CF)CC2)cc(C)c1C=CS(=O)(=O)N1CCC2(CC1)N=C(c1ccc(OC(F)(F)F)c(OCCCC(F)(F)F)c1)NC2=O. The van der Waals surface area contributed by atoms with Crippen molar-refractivity contribution in [3.8, 4) is 11.5 Å². The Balaban J connectivity index is 1.25. The number of sulfonamides is 1. The second-order valence-electron chi connectivity index (χ2n) is 13.6. The summed E-state index contributed by atoms with van der Waals surface area (Å²) in [5.74, 6) is -2.19. The average Bonchev–Trinajstić information content (AvgIpc) is 3.40. The van der Waals surface area contributed by atoms with Crippen molar-refractivity contribution in [2.75, 3.05) is 39.5 Å². The van der Waals surface area contributed by atoms with E-state index in [0.29, 0.717) is 22.3 Å². The Labute approximate surface area is 306 Å². The van der Waals surface area contributed by atoms with E-state index in [1.54, 1.807) is 30.9 Å². The summed E-state index contributed by atoms with van der Waals surface area (Å²) in [6, 6.07) is 6.39. The number of carbonyl (C=O) groups excluding carboxylic acids is 2. The Morgan fingerprint density at radius 3 is 2.19 bits per heavy atom. The number of likely N-dealkylation sites (tertiary alicyclic amines) is 1. The van der Waals surface area contributed by atoms with Gasteiger partial charge in [0, 0.05) is 49.1 Å². The molecule has 0 unspecified atom stereocenters. The van der Waals surface area contributed by atoms with Crippen molar-refractivity contribution in [3.63, 3.8) is 0 Å². The molecule has 2 fully saturated rings. The van der Waals surface area contributed by atoms with E-state index in [1.165, 1.54) is 16.4 Å². The molecule has 0 bridgehead atoms. The maximum Gasteiger partial charge on any atom is 0.573 e. The average molecular weight is 793 g/mol. The third-order valence-electron chi connectivity index (χ3n) is 9.67. The lowest BCUT2D eigenvalue weighted by atomic mass is 9.89. The molecule has 19 heteroatoms. The minimum atomic E-state index is -5.12. The molecule has 3 heterocycles. The smallest absolute Gasteiger partial charge is 0.490 e. The monoisotopic (exact) mass is 792 g/mol. The summed E-state index contributed by atoms with van der Waals surface area (Å²) in [4.78, 5) is 32.3. The fourth-order valence-corrected chi connectivity index (χ4v) is 7.75. The van der Waals surface area contributed by atoms with Gasteiger partial charge in [0.1, 0.15) is 18.0 Å². The van der Waals surface area contributed by atoms with E-state index < -0.39 is 77.2 Å². The first-order valence-corrected chi connectivity index (χ1v) is 18.5. The van der Waals surface area contributed by atoms with Crippen molar-refractivity contribution in [3.05, 3.63) is 63.6 Å². The highest BCUT2D eigenvalue weighted by molar-refractivity contribution is 7.92. The Bertz CT molecular complexity index is 1890. The summed E-state index contributed by atoms with van der Waals surface area (Å²) in [7, 11) is -4.00. The highest BCUT2D eigenvalue weighted by Crippen LogP contribution is 2.37. The first-order chi connectivity index (χ1) is 25.1. The number of alkyl halides is 7. The summed E-state index contributed by atoms with van der Waals surface area (Å²) < 4.78 is 127. The fraction of sp³-hybridized carbons (Fsp3) is 0.514. The van der Waals surface area contributed by atoms with Gasteiger partial charge in [0.15, 0.2) is 11.5 Å². The number of amides is 2. The van der Waals surface area contributed by atoms with Gasteiger partial charge in [-0.25, -0.2) is 12.8 Å². The lowest BCUT2D eigenvalue weighted by molar-refractivity contribution is -0.275. The quantitative estimate of drug-likeness (QED) is 0.224. The van der Waals surface area contributed by atoms with Gasteiger partial charge < -0.3 is 24.8 Å². The van der Waals surface area contributed by atoms with Crippen molar-refractivity contribution in [2.24, 2.45) is 4.99 Å². The summed E-state index contributed by atoms with van der Waals surface area (Å²) in [5.41, 5.74) is -0.490. The molecule has 0 atom stereocenters. The molecule has 0 aromatic heterocycles. The zero-order valence-corrected chi connectivity index (χ0v) is 30.1. The van der Waals surface area contributed by atoms with Gasteiger partial charge in [-0.1, -0.05) is 0 Å². The van der Waals surface area contributed by atoms with E-state index in [1.807, 2.05) is 0 Å². The topological polar surface area (TPSA) is 138 Å². The molecule has 0 aliphatic carbocycles. The van der Waals surface area contributed by atoms with Crippen LogP contribution in [0.2, 0.25) is 0 Å². The minimum Gasteiger partial charge on any atom is -0.490 e. The third kappa shape index (κ3) is 9.70. The van der Waals surface area contributed by atoms with E-state index in [-0.39, 0.29) is 69.2 Å². The van der Waals surface area contributed by atoms with Gasteiger partial charge in [0.2, 0.25) is 10.0 Å². The lowest BCUT2D eigenvalue weighted by Crippen LogP contribution is -2.50. The van der Waals surface area contributed by atoms with Gasteiger partial charge >= 0.3 is 12.5 Å². The number of aryl methyl sites for hydroxylation is 2. The molecular formula is C35H39F7N4O7S. The molecule has 3 aliphatic rings. The number of halogens is 7. The standard InChI is InChI=1S/C35H39F7N4O7S/c1-22-18-25(30(47)45-12-8-32(49,21-36)9-13-45)19-23(2)26(22)6-17-54(50,51)46-14-10-33(11-15-46)31(48)43-29(44-33)24-4-5-27(53-35(40,41)42)28(20-24)52-16-3-7-34(37,38)39/h4-6,17-20,49H,3,7-16,21H2,1-2H3,(H,43,44,48). The van der Waals surface area contributed by atoms with Crippen LogP contribution in [0.15, 0.2) is 40.7 Å². The van der Waals surface area contributed by atoms with Crippen LogP contribution in [0.25, 0.3) is 6.08 Å². The normalized spacial score (nSPS) is 19.3. The summed E-state index contributed by atoms with van der Waals surface area (Å²) in [6.45, 7) is 2.21. The molecular weight excluding hydrogens is 753 g/mol.